The van der Waals surface area contributed by atoms with Gasteiger partial charge in [0.25, 0.3) is 5.91 Å². The summed E-state index contributed by atoms with van der Waals surface area (Å²) in [4.78, 5) is 13.8. The van der Waals surface area contributed by atoms with Crippen LogP contribution in [0.3, 0.4) is 0 Å². The zero-order valence-corrected chi connectivity index (χ0v) is 11.1. The van der Waals surface area contributed by atoms with Gasteiger partial charge in [0, 0.05) is 18.3 Å². The summed E-state index contributed by atoms with van der Waals surface area (Å²) in [5, 5.41) is 28.5. The fourth-order valence-corrected chi connectivity index (χ4v) is 2.40. The van der Waals surface area contributed by atoms with E-state index in [1.54, 1.807) is 0 Å². The second-order valence-corrected chi connectivity index (χ2v) is 4.79. The van der Waals surface area contributed by atoms with E-state index in [1.807, 2.05) is 0 Å². The summed E-state index contributed by atoms with van der Waals surface area (Å²) in [6, 6.07) is 2.16. The molecule has 1 saturated heterocycles. The molecule has 0 spiro atoms. The van der Waals surface area contributed by atoms with Crippen LogP contribution in [0.4, 0.5) is 5.69 Å². The first-order valence-corrected chi connectivity index (χ1v) is 6.24. The Labute approximate surface area is 116 Å². The number of nitrogens with two attached hydrogens (primary N) is 1. The SMILES string of the molecule is COc1cc(C(=O)N2C[C@H](O)C[C@H]2CO)c(N)cc1O. The van der Waals surface area contributed by atoms with E-state index in [0.29, 0.717) is 6.42 Å². The van der Waals surface area contributed by atoms with E-state index in [0.717, 1.165) is 0 Å². The number of phenolic OH excluding ortho intramolecular Hbond substituents is 1. The number of nitrogen functional groups attached to an aromatic ring is 1. The third-order valence-corrected chi connectivity index (χ3v) is 3.45. The molecule has 0 radical (unpaired) electrons. The van der Waals surface area contributed by atoms with Gasteiger partial charge in [0.1, 0.15) is 0 Å². The molecule has 2 atom stereocenters. The van der Waals surface area contributed by atoms with Crippen molar-refractivity contribution in [2.75, 3.05) is 26.0 Å². The number of hydrogen-bond acceptors (Lipinski definition) is 6. The van der Waals surface area contributed by atoms with Gasteiger partial charge in [-0.2, -0.15) is 0 Å². The second kappa shape index (κ2) is 5.56. The van der Waals surface area contributed by atoms with Crippen LogP contribution in [0.5, 0.6) is 11.5 Å². The number of aliphatic hydroxyl groups is 2. The molecule has 1 aromatic rings. The average Bonchev–Trinajstić information content (AvgIpc) is 2.79. The highest BCUT2D eigenvalue weighted by Gasteiger charge is 2.35. The van der Waals surface area contributed by atoms with E-state index in [2.05, 4.69) is 0 Å². The number of benzene rings is 1. The normalized spacial score (nSPS) is 22.1. The predicted octanol–water partition coefficient (Wildman–Crippen LogP) is -0.449. The number of nitrogens with zero attached hydrogens (tertiary/aromatic N) is 1. The lowest BCUT2D eigenvalue weighted by Gasteiger charge is -2.23. The fraction of sp³-hybridized carbons (Fsp3) is 0.462. The Morgan fingerprint density at radius 1 is 1.55 bits per heavy atom. The lowest BCUT2D eigenvalue weighted by molar-refractivity contribution is 0.0665. The highest BCUT2D eigenvalue weighted by Crippen LogP contribution is 2.32. The number of anilines is 1. The number of carbonyl (C=O) groups excluding carboxylic acids is 1. The number of aliphatic hydroxyl groups excluding tert-OH is 2. The van der Waals surface area contributed by atoms with Crippen molar-refractivity contribution in [3.8, 4) is 11.5 Å². The van der Waals surface area contributed by atoms with Crippen molar-refractivity contribution >= 4 is 11.6 Å². The fourth-order valence-electron chi connectivity index (χ4n) is 2.40. The van der Waals surface area contributed by atoms with Crippen LogP contribution in [-0.2, 0) is 0 Å². The van der Waals surface area contributed by atoms with E-state index in [1.165, 1.54) is 24.1 Å². The van der Waals surface area contributed by atoms with Gasteiger partial charge in [0.15, 0.2) is 11.5 Å². The molecule has 5 N–H and O–H groups in total. The maximum atomic E-state index is 12.4. The Hall–Kier alpha value is -1.99. The molecule has 7 heteroatoms. The molecule has 0 aliphatic carbocycles. The summed E-state index contributed by atoms with van der Waals surface area (Å²) in [5.41, 5.74) is 6.04. The van der Waals surface area contributed by atoms with Crippen molar-refractivity contribution in [1.82, 2.24) is 4.90 Å². The maximum Gasteiger partial charge on any atom is 0.256 e. The van der Waals surface area contributed by atoms with Crippen molar-refractivity contribution in [1.29, 1.82) is 0 Å². The molecule has 0 unspecified atom stereocenters. The summed E-state index contributed by atoms with van der Waals surface area (Å²) < 4.78 is 4.95. The molecule has 0 bridgehead atoms. The standard InChI is InChI=1S/C13H18N2O5/c1-20-12-3-9(10(14)4-11(12)18)13(19)15-5-8(17)2-7(15)6-16/h3-4,7-8,16-18H,2,5-6,14H2,1H3/t7-,8+/m0/s1. The molecule has 7 nitrogen and oxygen atoms in total. The van der Waals surface area contributed by atoms with Gasteiger partial charge in [-0.05, 0) is 12.5 Å². The summed E-state index contributed by atoms with van der Waals surface area (Å²) in [5.74, 6) is -0.416. The number of carbonyl (C=O) groups is 1. The van der Waals surface area contributed by atoms with Gasteiger partial charge in [0.05, 0.1) is 31.4 Å². The van der Waals surface area contributed by atoms with Crippen molar-refractivity contribution in [3.05, 3.63) is 17.7 Å². The minimum Gasteiger partial charge on any atom is -0.504 e. The Kier molecular flexibility index (Phi) is 4.01. The molecule has 1 aliphatic rings. The quantitative estimate of drug-likeness (QED) is 0.558. The van der Waals surface area contributed by atoms with E-state index in [-0.39, 0.29) is 35.9 Å². The van der Waals surface area contributed by atoms with Gasteiger partial charge >= 0.3 is 0 Å². The molecule has 1 aliphatic heterocycles. The van der Waals surface area contributed by atoms with Crippen LogP contribution < -0.4 is 10.5 Å². The Morgan fingerprint density at radius 3 is 2.85 bits per heavy atom. The third-order valence-electron chi connectivity index (χ3n) is 3.45. The summed E-state index contributed by atoms with van der Waals surface area (Å²) in [6.45, 7) is -0.0788. The minimum absolute atomic E-state index is 0.117. The van der Waals surface area contributed by atoms with Crippen LogP contribution >= 0.6 is 0 Å². The minimum atomic E-state index is -0.656. The lowest BCUT2D eigenvalue weighted by Crippen LogP contribution is -2.38. The molecule has 1 aromatic carbocycles. The summed E-state index contributed by atoms with van der Waals surface area (Å²) >= 11 is 0. The first-order valence-electron chi connectivity index (χ1n) is 6.24. The first kappa shape index (κ1) is 14.4. The zero-order chi connectivity index (χ0) is 14.9. The summed E-state index contributed by atoms with van der Waals surface area (Å²) in [6.07, 6.45) is -0.325. The van der Waals surface area contributed by atoms with Gasteiger partial charge < -0.3 is 30.7 Å². The number of β-amino-alcohol motifs (C(OH)–C–C–N with tert-alkyl or cyclic N) is 1. The van der Waals surface area contributed by atoms with E-state index < -0.39 is 18.1 Å². The van der Waals surface area contributed by atoms with Crippen molar-refractivity contribution in [3.63, 3.8) is 0 Å². The number of phenols is 1. The number of methoxy groups -OCH3 is 1. The van der Waals surface area contributed by atoms with Crippen LogP contribution in [0, 0.1) is 0 Å². The predicted molar refractivity (Wildman–Crippen MR) is 71.6 cm³/mol. The number of rotatable bonds is 3. The number of likely N-dealkylation sites (tertiary alicyclic amines) is 1. The van der Waals surface area contributed by atoms with Gasteiger partial charge in [-0.1, -0.05) is 0 Å². The number of hydrogen-bond donors (Lipinski definition) is 4. The van der Waals surface area contributed by atoms with Gasteiger partial charge in [-0.25, -0.2) is 0 Å². The van der Waals surface area contributed by atoms with E-state index >= 15 is 0 Å². The van der Waals surface area contributed by atoms with Crippen molar-refractivity contribution in [2.24, 2.45) is 0 Å². The molecule has 1 amide bonds. The third kappa shape index (κ3) is 2.50. The first-order chi connectivity index (χ1) is 9.47. The van der Waals surface area contributed by atoms with Gasteiger partial charge in [-0.3, -0.25) is 4.79 Å². The average molecular weight is 282 g/mol. The molecule has 0 aromatic heterocycles. The van der Waals surface area contributed by atoms with Crippen LogP contribution in [-0.4, -0.2) is 58.5 Å². The Morgan fingerprint density at radius 2 is 2.25 bits per heavy atom. The number of ether oxygens (including phenoxy) is 1. The monoisotopic (exact) mass is 282 g/mol. The van der Waals surface area contributed by atoms with Crippen LogP contribution in [0.25, 0.3) is 0 Å². The molecular weight excluding hydrogens is 264 g/mol. The van der Waals surface area contributed by atoms with Crippen LogP contribution in [0.2, 0.25) is 0 Å². The Bertz CT molecular complexity index is 520. The molecule has 1 fully saturated rings. The molecule has 20 heavy (non-hydrogen) atoms. The Balaban J connectivity index is 2.33. The van der Waals surface area contributed by atoms with E-state index in [4.69, 9.17) is 10.5 Å². The smallest absolute Gasteiger partial charge is 0.256 e. The highest BCUT2D eigenvalue weighted by atomic mass is 16.5. The largest absolute Gasteiger partial charge is 0.504 e. The van der Waals surface area contributed by atoms with Crippen LogP contribution in [0.1, 0.15) is 16.8 Å². The van der Waals surface area contributed by atoms with Gasteiger partial charge in [0.2, 0.25) is 0 Å². The second-order valence-electron chi connectivity index (χ2n) is 4.79. The summed E-state index contributed by atoms with van der Waals surface area (Å²) in [7, 11) is 1.37. The van der Waals surface area contributed by atoms with E-state index in [9.17, 15) is 20.1 Å². The molecule has 0 saturated carbocycles. The van der Waals surface area contributed by atoms with Crippen molar-refractivity contribution in [2.45, 2.75) is 18.6 Å². The number of aromatic hydroxyl groups is 1. The molecule has 2 rings (SSSR count). The molecule has 1 heterocycles. The van der Waals surface area contributed by atoms with Crippen LogP contribution in [0.15, 0.2) is 12.1 Å². The highest BCUT2D eigenvalue weighted by molar-refractivity contribution is 6.00. The topological polar surface area (TPSA) is 116 Å². The van der Waals surface area contributed by atoms with Crippen molar-refractivity contribution < 1.29 is 24.9 Å². The molecule has 110 valence electrons. The van der Waals surface area contributed by atoms with Gasteiger partial charge in [-0.15, -0.1) is 0 Å². The number of amides is 1. The lowest BCUT2D eigenvalue weighted by atomic mass is 10.1. The maximum absolute atomic E-state index is 12.4. The molecular formula is C13H18N2O5. The zero-order valence-electron chi connectivity index (χ0n) is 11.1.